The Morgan fingerprint density at radius 2 is 1.78 bits per heavy atom. The Bertz CT molecular complexity index is 543. The number of rotatable bonds is 3. The van der Waals surface area contributed by atoms with Crippen LogP contribution in [0.15, 0.2) is 36.5 Å². The van der Waals surface area contributed by atoms with Gasteiger partial charge in [0.25, 0.3) is 0 Å². The molecule has 0 saturated heterocycles. The van der Waals surface area contributed by atoms with Crippen molar-refractivity contribution in [3.8, 4) is 0 Å². The summed E-state index contributed by atoms with van der Waals surface area (Å²) in [5, 5.41) is 1.72. The smallest absolute Gasteiger partial charge is 0.0896 e. The minimum absolute atomic E-state index is 0.339. The first-order chi connectivity index (χ1) is 8.61. The summed E-state index contributed by atoms with van der Waals surface area (Å²) >= 11 is 17.9. The lowest BCUT2D eigenvalue weighted by Gasteiger charge is -2.17. The first-order valence-electron chi connectivity index (χ1n) is 5.14. The predicted octanol–water partition coefficient (Wildman–Crippen LogP) is 3.59. The third kappa shape index (κ3) is 2.94. The molecule has 3 nitrogen and oxygen atoms in total. The quantitative estimate of drug-likeness (QED) is 0.673. The van der Waals surface area contributed by atoms with Gasteiger partial charge in [0.1, 0.15) is 0 Å². The number of nitrogens with zero attached hydrogens (tertiary/aromatic N) is 1. The Hall–Kier alpha value is -0.840. The van der Waals surface area contributed by atoms with Crippen LogP contribution in [0, 0.1) is 0 Å². The minimum Gasteiger partial charge on any atom is -0.271 e. The molecule has 1 aromatic heterocycles. The highest BCUT2D eigenvalue weighted by molar-refractivity contribution is 6.33. The topological polar surface area (TPSA) is 50.9 Å². The lowest BCUT2D eigenvalue weighted by molar-refractivity contribution is 0.621. The van der Waals surface area contributed by atoms with Crippen LogP contribution in [0.3, 0.4) is 0 Å². The maximum absolute atomic E-state index is 6.14. The van der Waals surface area contributed by atoms with Gasteiger partial charge in [-0.1, -0.05) is 34.8 Å². The summed E-state index contributed by atoms with van der Waals surface area (Å²) in [5.41, 5.74) is 4.15. The fraction of sp³-hybridized carbons (Fsp3) is 0.0833. The lowest BCUT2D eigenvalue weighted by Crippen LogP contribution is -2.29. The number of hydrogen-bond donors (Lipinski definition) is 2. The lowest BCUT2D eigenvalue weighted by atomic mass is 10.0. The zero-order valence-corrected chi connectivity index (χ0v) is 11.5. The van der Waals surface area contributed by atoms with Gasteiger partial charge in [-0.2, -0.15) is 0 Å². The molecule has 18 heavy (non-hydrogen) atoms. The fourth-order valence-corrected chi connectivity index (χ4v) is 2.15. The standard InChI is InChI=1S/C12H10Cl3N3/c13-7-1-3-10(15)9(5-7)12(18-16)11-4-2-8(14)6-17-11/h1-6,12,18H,16H2. The third-order valence-corrected chi connectivity index (χ3v) is 3.28. The number of halogens is 3. The molecule has 3 N–H and O–H groups in total. The Labute approximate surface area is 120 Å². The molecule has 94 valence electrons. The highest BCUT2D eigenvalue weighted by Gasteiger charge is 2.17. The average Bonchev–Trinajstić information content (AvgIpc) is 2.37. The van der Waals surface area contributed by atoms with Gasteiger partial charge < -0.3 is 0 Å². The third-order valence-electron chi connectivity index (χ3n) is 2.48. The molecule has 0 aliphatic carbocycles. The Balaban J connectivity index is 2.44. The number of aromatic nitrogens is 1. The van der Waals surface area contributed by atoms with E-state index in [1.54, 1.807) is 36.5 Å². The zero-order valence-electron chi connectivity index (χ0n) is 9.20. The molecular formula is C12H10Cl3N3. The molecule has 6 heteroatoms. The SMILES string of the molecule is NNC(c1ccc(Cl)cn1)c1cc(Cl)ccc1Cl. The number of benzene rings is 1. The summed E-state index contributed by atoms with van der Waals surface area (Å²) in [6, 6.07) is 8.38. The molecule has 0 spiro atoms. The van der Waals surface area contributed by atoms with Crippen LogP contribution in [-0.4, -0.2) is 4.98 Å². The van der Waals surface area contributed by atoms with Gasteiger partial charge in [0.2, 0.25) is 0 Å². The molecule has 0 saturated carbocycles. The Kier molecular flexibility index (Phi) is 4.43. The maximum Gasteiger partial charge on any atom is 0.0896 e. The van der Waals surface area contributed by atoms with Crippen molar-refractivity contribution in [3.63, 3.8) is 0 Å². The summed E-state index contributed by atoms with van der Waals surface area (Å²) < 4.78 is 0. The normalized spacial score (nSPS) is 12.4. The molecule has 0 radical (unpaired) electrons. The van der Waals surface area contributed by atoms with E-state index >= 15 is 0 Å². The fourth-order valence-electron chi connectivity index (χ4n) is 1.63. The Morgan fingerprint density at radius 3 is 2.39 bits per heavy atom. The van der Waals surface area contributed by atoms with Crippen molar-refractivity contribution in [2.24, 2.45) is 5.84 Å². The monoisotopic (exact) mass is 301 g/mol. The summed E-state index contributed by atoms with van der Waals surface area (Å²) in [6.07, 6.45) is 1.56. The second kappa shape index (κ2) is 5.87. The van der Waals surface area contributed by atoms with E-state index < -0.39 is 0 Å². The van der Waals surface area contributed by atoms with Gasteiger partial charge in [-0.25, -0.2) is 5.43 Å². The zero-order chi connectivity index (χ0) is 13.1. The van der Waals surface area contributed by atoms with Crippen LogP contribution in [0.4, 0.5) is 0 Å². The molecule has 0 fully saturated rings. The molecule has 0 amide bonds. The van der Waals surface area contributed by atoms with E-state index in [4.69, 9.17) is 40.6 Å². The van der Waals surface area contributed by atoms with Crippen LogP contribution >= 0.6 is 34.8 Å². The summed E-state index contributed by atoms with van der Waals surface area (Å²) in [6.45, 7) is 0. The highest BCUT2D eigenvalue weighted by atomic mass is 35.5. The van der Waals surface area contributed by atoms with E-state index in [0.717, 1.165) is 5.56 Å². The number of hydrogen-bond acceptors (Lipinski definition) is 3. The molecule has 1 aromatic carbocycles. The highest BCUT2D eigenvalue weighted by Crippen LogP contribution is 2.29. The summed E-state index contributed by atoms with van der Waals surface area (Å²) in [7, 11) is 0. The van der Waals surface area contributed by atoms with Crippen LogP contribution in [0.25, 0.3) is 0 Å². The molecule has 1 heterocycles. The van der Waals surface area contributed by atoms with Gasteiger partial charge in [-0.3, -0.25) is 10.8 Å². The Morgan fingerprint density at radius 1 is 1.06 bits per heavy atom. The molecular weight excluding hydrogens is 293 g/mol. The van der Waals surface area contributed by atoms with Crippen molar-refractivity contribution in [2.45, 2.75) is 6.04 Å². The van der Waals surface area contributed by atoms with Gasteiger partial charge in [0, 0.05) is 16.2 Å². The van der Waals surface area contributed by atoms with E-state index in [-0.39, 0.29) is 6.04 Å². The summed E-state index contributed by atoms with van der Waals surface area (Å²) in [5.74, 6) is 5.57. The van der Waals surface area contributed by atoms with Crippen LogP contribution in [-0.2, 0) is 0 Å². The molecule has 2 aromatic rings. The van der Waals surface area contributed by atoms with Crippen molar-refractivity contribution in [3.05, 3.63) is 62.9 Å². The number of nitrogens with two attached hydrogens (primary N) is 1. The second-order valence-electron chi connectivity index (χ2n) is 3.67. The molecule has 1 atom stereocenters. The first kappa shape index (κ1) is 13.6. The van der Waals surface area contributed by atoms with Gasteiger partial charge >= 0.3 is 0 Å². The van der Waals surface area contributed by atoms with Gasteiger partial charge in [-0.15, -0.1) is 0 Å². The second-order valence-corrected chi connectivity index (χ2v) is 4.95. The van der Waals surface area contributed by atoms with E-state index in [9.17, 15) is 0 Å². The molecule has 0 aliphatic heterocycles. The molecule has 0 aliphatic rings. The molecule has 1 unspecified atom stereocenters. The number of pyridine rings is 1. The van der Waals surface area contributed by atoms with Crippen LogP contribution < -0.4 is 11.3 Å². The van der Waals surface area contributed by atoms with Crippen molar-refractivity contribution in [2.75, 3.05) is 0 Å². The van der Waals surface area contributed by atoms with E-state index in [1.807, 2.05) is 0 Å². The summed E-state index contributed by atoms with van der Waals surface area (Å²) in [4.78, 5) is 4.22. The average molecular weight is 303 g/mol. The van der Waals surface area contributed by atoms with E-state index in [2.05, 4.69) is 10.4 Å². The minimum atomic E-state index is -0.339. The van der Waals surface area contributed by atoms with Crippen molar-refractivity contribution in [1.29, 1.82) is 0 Å². The molecule has 0 bridgehead atoms. The van der Waals surface area contributed by atoms with Crippen LogP contribution in [0.5, 0.6) is 0 Å². The van der Waals surface area contributed by atoms with Gasteiger partial charge in [0.05, 0.1) is 16.8 Å². The van der Waals surface area contributed by atoms with E-state index in [0.29, 0.717) is 20.8 Å². The number of hydrazine groups is 1. The number of nitrogens with one attached hydrogen (secondary N) is 1. The predicted molar refractivity (Wildman–Crippen MR) is 74.9 cm³/mol. The maximum atomic E-state index is 6.14. The van der Waals surface area contributed by atoms with Crippen molar-refractivity contribution < 1.29 is 0 Å². The van der Waals surface area contributed by atoms with Crippen molar-refractivity contribution >= 4 is 34.8 Å². The van der Waals surface area contributed by atoms with Gasteiger partial charge in [-0.05, 0) is 35.9 Å². The van der Waals surface area contributed by atoms with Crippen LogP contribution in [0.2, 0.25) is 15.1 Å². The van der Waals surface area contributed by atoms with Crippen molar-refractivity contribution in [1.82, 2.24) is 10.4 Å². The molecule has 2 rings (SSSR count). The first-order valence-corrected chi connectivity index (χ1v) is 6.27. The largest absolute Gasteiger partial charge is 0.271 e. The van der Waals surface area contributed by atoms with E-state index in [1.165, 1.54) is 0 Å². The van der Waals surface area contributed by atoms with Gasteiger partial charge in [0.15, 0.2) is 0 Å². The van der Waals surface area contributed by atoms with Crippen LogP contribution in [0.1, 0.15) is 17.3 Å².